The van der Waals surface area contributed by atoms with E-state index >= 15 is 0 Å². The number of hydrogen-bond acceptors (Lipinski definition) is 5. The van der Waals surface area contributed by atoms with Crippen molar-refractivity contribution < 1.29 is 5.11 Å². The zero-order valence-corrected chi connectivity index (χ0v) is 9.54. The number of aryl methyl sites for hydroxylation is 1. The summed E-state index contributed by atoms with van der Waals surface area (Å²) in [6, 6.07) is -0.0716. The molecule has 6 heteroatoms. The summed E-state index contributed by atoms with van der Waals surface area (Å²) < 4.78 is 0. The Kier molecular flexibility index (Phi) is 4.11. The number of nitrogens with two attached hydrogens (primary N) is 1. The van der Waals surface area contributed by atoms with Crippen LogP contribution in [0.5, 0.6) is 0 Å². The molecule has 4 N–H and O–H groups in total. The van der Waals surface area contributed by atoms with Gasteiger partial charge in [-0.3, -0.25) is 0 Å². The summed E-state index contributed by atoms with van der Waals surface area (Å²) >= 11 is 5.71. The topological polar surface area (TPSA) is 84.1 Å². The SMILES string of the molecule is CCC(CO)Nc1nc(Cl)nc(C)c1N. The lowest BCUT2D eigenvalue weighted by Gasteiger charge is -2.16. The molecule has 0 aliphatic rings. The minimum absolute atomic E-state index is 0.0244. The third-order valence-electron chi connectivity index (χ3n) is 2.16. The number of aromatic nitrogens is 2. The maximum atomic E-state index is 9.04. The maximum Gasteiger partial charge on any atom is 0.224 e. The van der Waals surface area contributed by atoms with E-state index in [1.54, 1.807) is 6.92 Å². The van der Waals surface area contributed by atoms with E-state index in [-0.39, 0.29) is 17.9 Å². The standard InChI is InChI=1S/C9H15ClN4O/c1-3-6(4-15)13-8-7(11)5(2)12-9(10)14-8/h6,15H,3-4,11H2,1-2H3,(H,12,13,14). The van der Waals surface area contributed by atoms with Gasteiger partial charge in [-0.25, -0.2) is 4.98 Å². The maximum absolute atomic E-state index is 9.04. The number of nitrogen functional groups attached to an aromatic ring is 1. The average molecular weight is 231 g/mol. The van der Waals surface area contributed by atoms with Crippen molar-refractivity contribution in [1.29, 1.82) is 0 Å². The van der Waals surface area contributed by atoms with Crippen LogP contribution < -0.4 is 11.1 Å². The molecular weight excluding hydrogens is 216 g/mol. The molecule has 15 heavy (non-hydrogen) atoms. The second-order valence-electron chi connectivity index (χ2n) is 3.27. The van der Waals surface area contributed by atoms with E-state index in [9.17, 15) is 0 Å². The molecule has 1 aromatic heterocycles. The minimum Gasteiger partial charge on any atom is -0.394 e. The first-order valence-corrected chi connectivity index (χ1v) is 5.13. The summed E-state index contributed by atoms with van der Waals surface area (Å²) in [7, 11) is 0. The summed E-state index contributed by atoms with van der Waals surface area (Å²) in [6.45, 7) is 3.74. The van der Waals surface area contributed by atoms with E-state index in [2.05, 4.69) is 15.3 Å². The number of nitrogens with one attached hydrogen (secondary N) is 1. The molecule has 0 spiro atoms. The van der Waals surface area contributed by atoms with Crippen LogP contribution in [0.3, 0.4) is 0 Å². The second-order valence-corrected chi connectivity index (χ2v) is 3.61. The fourth-order valence-electron chi connectivity index (χ4n) is 1.13. The Bertz CT molecular complexity index is 341. The van der Waals surface area contributed by atoms with Crippen molar-refractivity contribution in [2.45, 2.75) is 26.3 Å². The number of hydrogen-bond donors (Lipinski definition) is 3. The summed E-state index contributed by atoms with van der Waals surface area (Å²) in [5.74, 6) is 0.480. The van der Waals surface area contributed by atoms with Gasteiger partial charge in [-0.2, -0.15) is 4.98 Å². The lowest BCUT2D eigenvalue weighted by Crippen LogP contribution is -2.24. The van der Waals surface area contributed by atoms with Gasteiger partial charge < -0.3 is 16.2 Å². The van der Waals surface area contributed by atoms with Gasteiger partial charge in [0.05, 0.1) is 24.0 Å². The molecule has 84 valence electrons. The average Bonchev–Trinajstić information content (AvgIpc) is 2.21. The molecule has 1 aromatic rings. The summed E-state index contributed by atoms with van der Waals surface area (Å²) in [4.78, 5) is 7.90. The van der Waals surface area contributed by atoms with E-state index in [1.165, 1.54) is 0 Å². The van der Waals surface area contributed by atoms with Crippen LogP contribution >= 0.6 is 11.6 Å². The van der Waals surface area contributed by atoms with Crippen molar-refractivity contribution in [2.24, 2.45) is 0 Å². The molecule has 0 radical (unpaired) electrons. The van der Waals surface area contributed by atoms with Crippen molar-refractivity contribution in [2.75, 3.05) is 17.7 Å². The van der Waals surface area contributed by atoms with Gasteiger partial charge in [0.25, 0.3) is 0 Å². The van der Waals surface area contributed by atoms with Crippen LogP contribution in [0, 0.1) is 6.92 Å². The molecule has 0 amide bonds. The summed E-state index contributed by atoms with van der Waals surface area (Å²) in [6.07, 6.45) is 0.774. The Morgan fingerprint density at radius 3 is 2.73 bits per heavy atom. The fourth-order valence-corrected chi connectivity index (χ4v) is 1.34. The first-order valence-electron chi connectivity index (χ1n) is 4.75. The molecule has 0 saturated heterocycles. The van der Waals surface area contributed by atoms with Crippen LogP contribution in [-0.2, 0) is 0 Å². The van der Waals surface area contributed by atoms with Gasteiger partial charge in [0.2, 0.25) is 5.28 Å². The number of anilines is 2. The Morgan fingerprint density at radius 1 is 1.53 bits per heavy atom. The van der Waals surface area contributed by atoms with Gasteiger partial charge in [-0.1, -0.05) is 6.92 Å². The molecule has 0 bridgehead atoms. The monoisotopic (exact) mass is 230 g/mol. The van der Waals surface area contributed by atoms with Crippen LogP contribution in [0.4, 0.5) is 11.5 Å². The van der Waals surface area contributed by atoms with Gasteiger partial charge in [0, 0.05) is 0 Å². The number of nitrogens with zero attached hydrogens (tertiary/aromatic N) is 2. The van der Waals surface area contributed by atoms with E-state index in [4.69, 9.17) is 22.4 Å². The highest BCUT2D eigenvalue weighted by atomic mass is 35.5. The van der Waals surface area contributed by atoms with Gasteiger partial charge in [-0.05, 0) is 24.9 Å². The Balaban J connectivity index is 2.93. The molecule has 0 aliphatic carbocycles. The van der Waals surface area contributed by atoms with Crippen LogP contribution in [0.2, 0.25) is 5.28 Å². The van der Waals surface area contributed by atoms with Crippen LogP contribution in [0.25, 0.3) is 0 Å². The molecule has 5 nitrogen and oxygen atoms in total. The zero-order chi connectivity index (χ0) is 11.4. The third-order valence-corrected chi connectivity index (χ3v) is 2.33. The molecule has 0 aliphatic heterocycles. The number of rotatable bonds is 4. The molecule has 0 saturated carbocycles. The predicted molar refractivity (Wildman–Crippen MR) is 61.0 cm³/mol. The van der Waals surface area contributed by atoms with Gasteiger partial charge in [0.15, 0.2) is 5.82 Å². The molecular formula is C9H15ClN4O. The Hall–Kier alpha value is -1.07. The van der Waals surface area contributed by atoms with Gasteiger partial charge in [-0.15, -0.1) is 0 Å². The normalized spacial score (nSPS) is 12.5. The van der Waals surface area contributed by atoms with E-state index in [0.29, 0.717) is 17.2 Å². The summed E-state index contributed by atoms with van der Waals surface area (Å²) in [5.41, 5.74) is 6.88. The van der Waals surface area contributed by atoms with Crippen LogP contribution in [-0.4, -0.2) is 27.7 Å². The number of halogens is 1. The number of aliphatic hydroxyl groups is 1. The molecule has 1 heterocycles. The molecule has 0 fully saturated rings. The van der Waals surface area contributed by atoms with Crippen molar-refractivity contribution in [3.63, 3.8) is 0 Å². The van der Waals surface area contributed by atoms with E-state index < -0.39 is 0 Å². The largest absolute Gasteiger partial charge is 0.394 e. The quantitative estimate of drug-likeness (QED) is 0.677. The van der Waals surface area contributed by atoms with Crippen molar-refractivity contribution >= 4 is 23.1 Å². The minimum atomic E-state index is -0.0716. The Labute approximate surface area is 93.7 Å². The summed E-state index contributed by atoms with van der Waals surface area (Å²) in [5, 5.41) is 12.2. The van der Waals surface area contributed by atoms with Crippen molar-refractivity contribution in [3.05, 3.63) is 11.0 Å². The molecule has 1 unspecified atom stereocenters. The van der Waals surface area contributed by atoms with Gasteiger partial charge in [0.1, 0.15) is 0 Å². The smallest absolute Gasteiger partial charge is 0.224 e. The van der Waals surface area contributed by atoms with E-state index in [1.807, 2.05) is 6.92 Å². The second kappa shape index (κ2) is 5.14. The van der Waals surface area contributed by atoms with E-state index in [0.717, 1.165) is 6.42 Å². The molecule has 0 aromatic carbocycles. The number of aliphatic hydroxyl groups excluding tert-OH is 1. The predicted octanol–water partition coefficient (Wildman–Crippen LogP) is 1.20. The lowest BCUT2D eigenvalue weighted by atomic mass is 10.2. The highest BCUT2D eigenvalue weighted by Gasteiger charge is 2.11. The first kappa shape index (κ1) is 12.0. The fraction of sp³-hybridized carbons (Fsp3) is 0.556. The molecule has 1 atom stereocenters. The van der Waals surface area contributed by atoms with Crippen LogP contribution in [0.1, 0.15) is 19.0 Å². The third kappa shape index (κ3) is 2.94. The van der Waals surface area contributed by atoms with Gasteiger partial charge >= 0.3 is 0 Å². The lowest BCUT2D eigenvalue weighted by molar-refractivity contribution is 0.271. The molecule has 1 rings (SSSR count). The van der Waals surface area contributed by atoms with Crippen molar-refractivity contribution in [3.8, 4) is 0 Å². The Morgan fingerprint density at radius 2 is 2.20 bits per heavy atom. The van der Waals surface area contributed by atoms with Crippen molar-refractivity contribution in [1.82, 2.24) is 9.97 Å². The highest BCUT2D eigenvalue weighted by molar-refractivity contribution is 6.28. The highest BCUT2D eigenvalue weighted by Crippen LogP contribution is 2.21. The zero-order valence-electron chi connectivity index (χ0n) is 8.79. The first-order chi connectivity index (χ1) is 7.08. The van der Waals surface area contributed by atoms with Crippen LogP contribution in [0.15, 0.2) is 0 Å².